The summed E-state index contributed by atoms with van der Waals surface area (Å²) in [6, 6.07) is 18.0. The quantitative estimate of drug-likeness (QED) is 0.873. The molecule has 18 heavy (non-hydrogen) atoms. The summed E-state index contributed by atoms with van der Waals surface area (Å²) in [5.74, 6) is 0. The molecule has 0 aromatic heterocycles. The normalized spacial score (nSPS) is 13.3. The van der Waals surface area contributed by atoms with Crippen molar-refractivity contribution in [1.82, 2.24) is 0 Å². The van der Waals surface area contributed by atoms with Gasteiger partial charge in [0.2, 0.25) is 0 Å². The molecule has 2 aromatic rings. The van der Waals surface area contributed by atoms with Crippen LogP contribution in [0.5, 0.6) is 0 Å². The molecular formula is C16H18ClN. The first-order chi connectivity index (χ1) is 8.51. The van der Waals surface area contributed by atoms with Gasteiger partial charge in [-0.25, -0.2) is 0 Å². The first-order valence-corrected chi connectivity index (χ1v) is 6.46. The van der Waals surface area contributed by atoms with Gasteiger partial charge in [0.05, 0.1) is 0 Å². The van der Waals surface area contributed by atoms with Crippen LogP contribution in [-0.2, 0) is 5.41 Å². The highest BCUT2D eigenvalue weighted by atomic mass is 35.5. The third-order valence-electron chi connectivity index (χ3n) is 3.50. The molecule has 2 aromatic carbocycles. The van der Waals surface area contributed by atoms with Crippen LogP contribution in [-0.4, -0.2) is 0 Å². The van der Waals surface area contributed by atoms with E-state index in [1.165, 1.54) is 5.56 Å². The van der Waals surface area contributed by atoms with Crippen LogP contribution >= 0.6 is 11.6 Å². The average Bonchev–Trinajstić information content (AvgIpc) is 2.39. The fraction of sp³-hybridized carbons (Fsp3) is 0.250. The minimum Gasteiger partial charge on any atom is -0.323 e. The average molecular weight is 260 g/mol. The highest BCUT2D eigenvalue weighted by Gasteiger charge is 2.29. The van der Waals surface area contributed by atoms with E-state index in [1.807, 2.05) is 42.5 Å². The van der Waals surface area contributed by atoms with Gasteiger partial charge in [-0.2, -0.15) is 0 Å². The van der Waals surface area contributed by atoms with Gasteiger partial charge in [0.1, 0.15) is 0 Å². The van der Waals surface area contributed by atoms with Crippen molar-refractivity contribution in [3.8, 4) is 0 Å². The zero-order valence-electron chi connectivity index (χ0n) is 10.7. The second-order valence-electron chi connectivity index (χ2n) is 5.12. The first-order valence-electron chi connectivity index (χ1n) is 6.08. The summed E-state index contributed by atoms with van der Waals surface area (Å²) in [6.07, 6.45) is 0. The Hall–Kier alpha value is -1.31. The lowest BCUT2D eigenvalue weighted by atomic mass is 9.75. The molecule has 1 unspecified atom stereocenters. The minimum atomic E-state index is -0.133. The van der Waals surface area contributed by atoms with Crippen LogP contribution in [0.15, 0.2) is 54.6 Å². The molecule has 1 nitrogen and oxygen atoms in total. The third-order valence-corrected chi connectivity index (χ3v) is 3.74. The molecule has 0 saturated carbocycles. The largest absolute Gasteiger partial charge is 0.323 e. The molecular weight excluding hydrogens is 242 g/mol. The fourth-order valence-corrected chi connectivity index (χ4v) is 2.36. The highest BCUT2D eigenvalue weighted by Crippen LogP contribution is 2.35. The predicted molar refractivity (Wildman–Crippen MR) is 77.8 cm³/mol. The molecule has 2 heteroatoms. The summed E-state index contributed by atoms with van der Waals surface area (Å²) in [7, 11) is 0. The number of nitrogens with two attached hydrogens (primary N) is 1. The molecule has 2 N–H and O–H groups in total. The maximum atomic E-state index is 6.42. The van der Waals surface area contributed by atoms with Gasteiger partial charge in [-0.15, -0.1) is 0 Å². The summed E-state index contributed by atoms with van der Waals surface area (Å²) >= 11 is 6.03. The molecule has 94 valence electrons. The molecule has 0 amide bonds. The van der Waals surface area contributed by atoms with Crippen molar-refractivity contribution in [1.29, 1.82) is 0 Å². The van der Waals surface area contributed by atoms with Gasteiger partial charge in [0.25, 0.3) is 0 Å². The Morgan fingerprint density at radius 3 is 2.28 bits per heavy atom. The van der Waals surface area contributed by atoms with E-state index in [9.17, 15) is 0 Å². The molecule has 0 spiro atoms. The zero-order valence-corrected chi connectivity index (χ0v) is 11.5. The summed E-state index contributed by atoms with van der Waals surface area (Å²) in [5, 5.41) is 0.729. The van der Waals surface area contributed by atoms with Gasteiger partial charge < -0.3 is 5.73 Å². The molecule has 0 aliphatic heterocycles. The van der Waals surface area contributed by atoms with Gasteiger partial charge in [0, 0.05) is 16.5 Å². The molecule has 0 saturated heterocycles. The lowest BCUT2D eigenvalue weighted by Crippen LogP contribution is -2.33. The Kier molecular flexibility index (Phi) is 3.74. The molecule has 0 aliphatic carbocycles. The van der Waals surface area contributed by atoms with Crippen LogP contribution in [0.3, 0.4) is 0 Å². The first kappa shape index (κ1) is 13.1. The van der Waals surface area contributed by atoms with Crippen molar-refractivity contribution < 1.29 is 0 Å². The van der Waals surface area contributed by atoms with Crippen LogP contribution in [0, 0.1) is 0 Å². The highest BCUT2D eigenvalue weighted by molar-refractivity contribution is 6.30. The Morgan fingerprint density at radius 1 is 1.00 bits per heavy atom. The molecule has 0 aliphatic rings. The Labute approximate surface area is 114 Å². The molecule has 0 bridgehead atoms. The van der Waals surface area contributed by atoms with Crippen LogP contribution in [0.1, 0.15) is 31.0 Å². The Morgan fingerprint density at radius 2 is 1.67 bits per heavy atom. The number of benzene rings is 2. The van der Waals surface area contributed by atoms with Gasteiger partial charge in [0.15, 0.2) is 0 Å². The Bertz CT molecular complexity index is 520. The van der Waals surface area contributed by atoms with Crippen LogP contribution < -0.4 is 5.73 Å². The fourth-order valence-electron chi connectivity index (χ4n) is 2.16. The van der Waals surface area contributed by atoms with Crippen LogP contribution in [0.25, 0.3) is 0 Å². The predicted octanol–water partition coefficient (Wildman–Crippen LogP) is 4.32. The lowest BCUT2D eigenvalue weighted by Gasteiger charge is -2.32. The number of halogens is 1. The van der Waals surface area contributed by atoms with E-state index in [0.29, 0.717) is 0 Å². The smallest absolute Gasteiger partial charge is 0.0409 e. The molecule has 0 radical (unpaired) electrons. The van der Waals surface area contributed by atoms with Crippen molar-refractivity contribution >= 4 is 11.6 Å². The van der Waals surface area contributed by atoms with E-state index in [2.05, 4.69) is 26.0 Å². The van der Waals surface area contributed by atoms with Gasteiger partial charge in [-0.05, 0) is 23.3 Å². The summed E-state index contributed by atoms with van der Waals surface area (Å²) in [6.45, 7) is 4.32. The summed E-state index contributed by atoms with van der Waals surface area (Å²) < 4.78 is 0. The van der Waals surface area contributed by atoms with Crippen molar-refractivity contribution in [2.24, 2.45) is 5.73 Å². The number of rotatable bonds is 3. The van der Waals surface area contributed by atoms with E-state index < -0.39 is 0 Å². The van der Waals surface area contributed by atoms with Gasteiger partial charge in [-0.3, -0.25) is 0 Å². The maximum absolute atomic E-state index is 6.42. The molecule has 0 heterocycles. The molecule has 1 atom stereocenters. The van der Waals surface area contributed by atoms with Gasteiger partial charge >= 0.3 is 0 Å². The summed E-state index contributed by atoms with van der Waals surface area (Å²) in [4.78, 5) is 0. The van der Waals surface area contributed by atoms with Crippen molar-refractivity contribution in [3.63, 3.8) is 0 Å². The second-order valence-corrected chi connectivity index (χ2v) is 5.56. The van der Waals surface area contributed by atoms with Crippen molar-refractivity contribution in [2.45, 2.75) is 25.3 Å². The van der Waals surface area contributed by atoms with E-state index in [-0.39, 0.29) is 11.5 Å². The SMILES string of the molecule is CC(C)(c1ccccc1)C(N)c1cccc(Cl)c1. The maximum Gasteiger partial charge on any atom is 0.0409 e. The molecule has 0 fully saturated rings. The topological polar surface area (TPSA) is 26.0 Å². The van der Waals surface area contributed by atoms with E-state index in [4.69, 9.17) is 17.3 Å². The third kappa shape index (κ3) is 2.58. The monoisotopic (exact) mass is 259 g/mol. The minimum absolute atomic E-state index is 0.0846. The molecule has 2 rings (SSSR count). The Balaban J connectivity index is 2.36. The zero-order chi connectivity index (χ0) is 13.2. The van der Waals surface area contributed by atoms with E-state index >= 15 is 0 Å². The lowest BCUT2D eigenvalue weighted by molar-refractivity contribution is 0.421. The second kappa shape index (κ2) is 5.13. The van der Waals surface area contributed by atoms with Crippen LogP contribution in [0.4, 0.5) is 0 Å². The van der Waals surface area contributed by atoms with Gasteiger partial charge in [-0.1, -0.05) is 67.9 Å². The summed E-state index contributed by atoms with van der Waals surface area (Å²) in [5.41, 5.74) is 8.58. The number of hydrogen-bond acceptors (Lipinski definition) is 1. The van der Waals surface area contributed by atoms with E-state index in [1.54, 1.807) is 0 Å². The van der Waals surface area contributed by atoms with E-state index in [0.717, 1.165) is 10.6 Å². The number of hydrogen-bond donors (Lipinski definition) is 1. The van der Waals surface area contributed by atoms with Crippen molar-refractivity contribution in [2.75, 3.05) is 0 Å². The van der Waals surface area contributed by atoms with Crippen LogP contribution in [0.2, 0.25) is 5.02 Å². The van der Waals surface area contributed by atoms with Crippen molar-refractivity contribution in [3.05, 3.63) is 70.7 Å². The standard InChI is InChI=1S/C16H18ClN/c1-16(2,13-8-4-3-5-9-13)15(18)12-7-6-10-14(17)11-12/h3-11,15H,18H2,1-2H3.